The molecule has 0 spiro atoms. The van der Waals surface area contributed by atoms with Gasteiger partial charge in [0, 0.05) is 12.0 Å². The summed E-state index contributed by atoms with van der Waals surface area (Å²) in [5.41, 5.74) is -0.105. The molecule has 0 amide bonds. The maximum atomic E-state index is 5.26. The molecule has 0 aliphatic rings. The van der Waals surface area contributed by atoms with Gasteiger partial charge in [0.05, 0.1) is 5.75 Å². The molecule has 2 heterocycles. The lowest BCUT2D eigenvalue weighted by Crippen LogP contribution is -2.13. The summed E-state index contributed by atoms with van der Waals surface area (Å²) >= 11 is 1.53. The molecule has 0 aliphatic heterocycles. The van der Waals surface area contributed by atoms with Crippen LogP contribution < -0.4 is 0 Å². The molecule has 108 valence electrons. The third-order valence-corrected chi connectivity index (χ3v) is 3.63. The van der Waals surface area contributed by atoms with E-state index in [9.17, 15) is 0 Å². The van der Waals surface area contributed by atoms with E-state index < -0.39 is 0 Å². The average molecular weight is 293 g/mol. The molecule has 6 nitrogen and oxygen atoms in total. The van der Waals surface area contributed by atoms with E-state index in [2.05, 4.69) is 47.7 Å². The Bertz CT molecular complexity index is 596. The maximum Gasteiger partial charge on any atom is 0.237 e. The van der Waals surface area contributed by atoms with Crippen molar-refractivity contribution in [2.24, 2.45) is 0 Å². The fourth-order valence-corrected chi connectivity index (χ4v) is 2.38. The molecule has 0 saturated heterocycles. The Balaban J connectivity index is 2.05. The number of allylic oxidation sites excluding steroid dienone is 1. The number of hydrogen-bond donors (Lipinski definition) is 0. The summed E-state index contributed by atoms with van der Waals surface area (Å²) in [6.07, 6.45) is 1.82. The average Bonchev–Trinajstić information content (AvgIpc) is 2.96. The quantitative estimate of drug-likeness (QED) is 0.623. The van der Waals surface area contributed by atoms with Crippen molar-refractivity contribution >= 4 is 11.8 Å². The van der Waals surface area contributed by atoms with Crippen LogP contribution in [0.4, 0.5) is 0 Å². The van der Waals surface area contributed by atoms with Crippen LogP contribution in [-0.4, -0.2) is 24.9 Å². The number of hydrogen-bond acceptors (Lipinski definition) is 6. The SMILES string of the molecule is C=CCn1c(C)nnc1SCc1nc(C(C)(C)C)no1. The monoisotopic (exact) mass is 293 g/mol. The molecule has 20 heavy (non-hydrogen) atoms. The topological polar surface area (TPSA) is 69.6 Å². The van der Waals surface area contributed by atoms with Crippen LogP contribution in [0.3, 0.4) is 0 Å². The summed E-state index contributed by atoms with van der Waals surface area (Å²) < 4.78 is 7.26. The third-order valence-electron chi connectivity index (χ3n) is 2.68. The van der Waals surface area contributed by atoms with Crippen molar-refractivity contribution in [1.29, 1.82) is 0 Å². The Morgan fingerprint density at radius 3 is 2.70 bits per heavy atom. The minimum Gasteiger partial charge on any atom is -0.338 e. The first-order valence-electron chi connectivity index (χ1n) is 6.38. The largest absolute Gasteiger partial charge is 0.338 e. The summed E-state index contributed by atoms with van der Waals surface area (Å²) in [6.45, 7) is 12.5. The van der Waals surface area contributed by atoms with Gasteiger partial charge in [0.2, 0.25) is 5.89 Å². The number of rotatable bonds is 5. The van der Waals surface area contributed by atoms with Gasteiger partial charge < -0.3 is 9.09 Å². The van der Waals surface area contributed by atoms with E-state index in [1.807, 2.05) is 17.6 Å². The van der Waals surface area contributed by atoms with Gasteiger partial charge in [-0.15, -0.1) is 16.8 Å². The first kappa shape index (κ1) is 14.8. The summed E-state index contributed by atoms with van der Waals surface area (Å²) in [5.74, 6) is 2.77. The molecule has 2 aromatic heterocycles. The van der Waals surface area contributed by atoms with Gasteiger partial charge in [0.1, 0.15) is 5.82 Å². The zero-order valence-electron chi connectivity index (χ0n) is 12.3. The van der Waals surface area contributed by atoms with Gasteiger partial charge in [-0.1, -0.05) is 43.8 Å². The highest BCUT2D eigenvalue weighted by molar-refractivity contribution is 7.98. The highest BCUT2D eigenvalue weighted by atomic mass is 32.2. The fraction of sp³-hybridized carbons (Fsp3) is 0.538. The maximum absolute atomic E-state index is 5.26. The van der Waals surface area contributed by atoms with Crippen LogP contribution in [-0.2, 0) is 17.7 Å². The van der Waals surface area contributed by atoms with Crippen LogP contribution in [0.1, 0.15) is 38.3 Å². The lowest BCUT2D eigenvalue weighted by atomic mass is 9.96. The Labute approximate surface area is 122 Å². The molecular weight excluding hydrogens is 274 g/mol. The molecule has 0 fully saturated rings. The number of aromatic nitrogens is 5. The van der Waals surface area contributed by atoms with Gasteiger partial charge in [-0.2, -0.15) is 4.98 Å². The van der Waals surface area contributed by atoms with Crippen molar-refractivity contribution in [3.05, 3.63) is 30.2 Å². The van der Waals surface area contributed by atoms with Gasteiger partial charge in [-0.3, -0.25) is 0 Å². The molecule has 0 atom stereocenters. The zero-order valence-corrected chi connectivity index (χ0v) is 13.1. The zero-order chi connectivity index (χ0) is 14.8. The van der Waals surface area contributed by atoms with Crippen molar-refractivity contribution in [2.75, 3.05) is 0 Å². The molecule has 0 aromatic carbocycles. The molecule has 0 unspecified atom stereocenters. The fourth-order valence-electron chi connectivity index (χ4n) is 1.55. The Kier molecular flexibility index (Phi) is 4.27. The summed E-state index contributed by atoms with van der Waals surface area (Å²) in [7, 11) is 0. The predicted molar refractivity (Wildman–Crippen MR) is 77.5 cm³/mol. The highest BCUT2D eigenvalue weighted by Gasteiger charge is 2.21. The van der Waals surface area contributed by atoms with Gasteiger partial charge in [-0.05, 0) is 6.92 Å². The minimum atomic E-state index is -0.105. The Morgan fingerprint density at radius 2 is 2.10 bits per heavy atom. The van der Waals surface area contributed by atoms with E-state index in [0.717, 1.165) is 16.8 Å². The first-order valence-corrected chi connectivity index (χ1v) is 7.37. The minimum absolute atomic E-state index is 0.105. The molecule has 0 aliphatic carbocycles. The smallest absolute Gasteiger partial charge is 0.237 e. The predicted octanol–water partition coefficient (Wildman–Crippen LogP) is 2.75. The van der Waals surface area contributed by atoms with Crippen molar-refractivity contribution in [3.63, 3.8) is 0 Å². The van der Waals surface area contributed by atoms with Crippen LogP contribution in [0.25, 0.3) is 0 Å². The molecule has 0 N–H and O–H groups in total. The number of thioether (sulfide) groups is 1. The Morgan fingerprint density at radius 1 is 1.35 bits per heavy atom. The second-order valence-electron chi connectivity index (χ2n) is 5.48. The molecule has 0 radical (unpaired) electrons. The summed E-state index contributed by atoms with van der Waals surface area (Å²) in [4.78, 5) is 4.40. The van der Waals surface area contributed by atoms with Crippen molar-refractivity contribution in [3.8, 4) is 0 Å². The molecule has 7 heteroatoms. The van der Waals surface area contributed by atoms with Crippen LogP contribution >= 0.6 is 11.8 Å². The Hall–Kier alpha value is -1.63. The molecular formula is C13H19N5OS. The summed E-state index contributed by atoms with van der Waals surface area (Å²) in [5, 5.41) is 13.0. The standard InChI is InChI=1S/C13H19N5OS/c1-6-7-18-9(2)15-16-12(18)20-8-10-14-11(17-19-10)13(3,4)5/h6H,1,7-8H2,2-5H3. The van der Waals surface area contributed by atoms with E-state index in [0.29, 0.717) is 18.2 Å². The lowest BCUT2D eigenvalue weighted by Gasteiger charge is -2.10. The normalized spacial score (nSPS) is 11.8. The van der Waals surface area contributed by atoms with Crippen LogP contribution in [0, 0.1) is 6.92 Å². The molecule has 0 saturated carbocycles. The van der Waals surface area contributed by atoms with Gasteiger partial charge in [0.15, 0.2) is 11.0 Å². The van der Waals surface area contributed by atoms with Gasteiger partial charge >= 0.3 is 0 Å². The lowest BCUT2D eigenvalue weighted by molar-refractivity contribution is 0.372. The number of nitrogens with zero attached hydrogens (tertiary/aromatic N) is 5. The molecule has 2 rings (SSSR count). The van der Waals surface area contributed by atoms with E-state index in [1.54, 1.807) is 0 Å². The van der Waals surface area contributed by atoms with Crippen molar-refractivity contribution in [2.45, 2.75) is 50.6 Å². The summed E-state index contributed by atoms with van der Waals surface area (Å²) in [6, 6.07) is 0. The first-order chi connectivity index (χ1) is 9.41. The second kappa shape index (κ2) is 5.78. The van der Waals surface area contributed by atoms with Gasteiger partial charge in [0.25, 0.3) is 0 Å². The van der Waals surface area contributed by atoms with Crippen molar-refractivity contribution in [1.82, 2.24) is 24.9 Å². The van der Waals surface area contributed by atoms with Crippen LogP contribution in [0.15, 0.2) is 22.3 Å². The molecule has 0 bridgehead atoms. The van der Waals surface area contributed by atoms with Crippen molar-refractivity contribution < 1.29 is 4.52 Å². The highest BCUT2D eigenvalue weighted by Crippen LogP contribution is 2.23. The second-order valence-corrected chi connectivity index (χ2v) is 6.42. The van der Waals surface area contributed by atoms with Crippen LogP contribution in [0.5, 0.6) is 0 Å². The molecule has 2 aromatic rings. The van der Waals surface area contributed by atoms with Gasteiger partial charge in [-0.25, -0.2) is 0 Å². The van der Waals surface area contributed by atoms with E-state index >= 15 is 0 Å². The van der Waals surface area contributed by atoms with E-state index in [-0.39, 0.29) is 5.41 Å². The van der Waals surface area contributed by atoms with E-state index in [4.69, 9.17) is 4.52 Å². The van der Waals surface area contributed by atoms with Crippen LogP contribution in [0.2, 0.25) is 0 Å². The van der Waals surface area contributed by atoms with E-state index in [1.165, 1.54) is 11.8 Å². The number of aryl methyl sites for hydroxylation is 1. The third kappa shape index (κ3) is 3.27.